The number of alkyl halides is 2. The lowest BCUT2D eigenvalue weighted by Gasteiger charge is -2.08. The maximum absolute atomic E-state index is 12.5. The van der Waals surface area contributed by atoms with Crippen LogP contribution in [-0.2, 0) is 0 Å². The van der Waals surface area contributed by atoms with Crippen LogP contribution in [0.25, 0.3) is 0 Å². The second-order valence-electron chi connectivity index (χ2n) is 5.63. The number of rotatable bonds is 7. The molecular formula is C21H15F2NO3. The second kappa shape index (κ2) is 8.23. The monoisotopic (exact) mass is 367 g/mol. The van der Waals surface area contributed by atoms with E-state index in [-0.39, 0.29) is 16.9 Å². The van der Waals surface area contributed by atoms with Crippen molar-refractivity contribution < 1.29 is 23.1 Å². The normalized spacial score (nSPS) is 10.5. The third-order valence-corrected chi connectivity index (χ3v) is 3.74. The number of anilines is 2. The molecular weight excluding hydrogens is 352 g/mol. The molecule has 0 aliphatic carbocycles. The maximum atomic E-state index is 12.5. The van der Waals surface area contributed by atoms with Crippen LogP contribution in [0.1, 0.15) is 20.7 Å². The van der Waals surface area contributed by atoms with Gasteiger partial charge < -0.3 is 10.1 Å². The Bertz CT molecular complexity index is 941. The fourth-order valence-corrected chi connectivity index (χ4v) is 2.48. The van der Waals surface area contributed by atoms with Gasteiger partial charge in [0, 0.05) is 22.5 Å². The highest BCUT2D eigenvalue weighted by Crippen LogP contribution is 2.20. The molecule has 0 atom stereocenters. The third kappa shape index (κ3) is 4.76. The van der Waals surface area contributed by atoms with Crippen molar-refractivity contribution in [2.24, 2.45) is 0 Å². The van der Waals surface area contributed by atoms with Gasteiger partial charge in [0.15, 0.2) is 0 Å². The zero-order valence-corrected chi connectivity index (χ0v) is 14.1. The number of ketones is 2. The van der Waals surface area contributed by atoms with E-state index in [1.54, 1.807) is 24.3 Å². The molecule has 0 saturated carbocycles. The third-order valence-electron chi connectivity index (χ3n) is 3.74. The van der Waals surface area contributed by atoms with Crippen molar-refractivity contribution in [2.75, 3.05) is 5.32 Å². The largest absolute Gasteiger partial charge is 0.435 e. The highest BCUT2D eigenvalue weighted by atomic mass is 19.3. The lowest BCUT2D eigenvalue weighted by Crippen LogP contribution is -2.14. The van der Waals surface area contributed by atoms with E-state index in [0.717, 1.165) is 5.69 Å². The Morgan fingerprint density at radius 1 is 0.741 bits per heavy atom. The summed E-state index contributed by atoms with van der Waals surface area (Å²) >= 11 is 0. The van der Waals surface area contributed by atoms with Gasteiger partial charge in [-0.3, -0.25) is 9.59 Å². The molecule has 0 amide bonds. The number of carbonyl (C=O) groups excluding carboxylic acids is 2. The van der Waals surface area contributed by atoms with E-state index < -0.39 is 18.2 Å². The van der Waals surface area contributed by atoms with Crippen LogP contribution in [0.4, 0.5) is 20.2 Å². The molecule has 0 aromatic heterocycles. The molecule has 0 unspecified atom stereocenters. The van der Waals surface area contributed by atoms with Crippen LogP contribution < -0.4 is 10.1 Å². The summed E-state index contributed by atoms with van der Waals surface area (Å²) in [4.78, 5) is 24.9. The summed E-state index contributed by atoms with van der Waals surface area (Å²) in [7, 11) is 0. The Hall–Kier alpha value is -3.54. The number of halogens is 2. The van der Waals surface area contributed by atoms with Crippen molar-refractivity contribution in [3.05, 3.63) is 90.0 Å². The summed E-state index contributed by atoms with van der Waals surface area (Å²) in [5.41, 5.74) is 1.85. The van der Waals surface area contributed by atoms with Crippen molar-refractivity contribution >= 4 is 22.9 Å². The number of hydrogen-bond acceptors (Lipinski definition) is 4. The summed E-state index contributed by atoms with van der Waals surface area (Å²) < 4.78 is 28.6. The molecule has 0 heterocycles. The van der Waals surface area contributed by atoms with Crippen LogP contribution in [0.15, 0.2) is 78.9 Å². The number of nitrogens with one attached hydrogen (secondary N) is 1. The molecule has 0 fully saturated rings. The van der Waals surface area contributed by atoms with Crippen molar-refractivity contribution in [1.29, 1.82) is 0 Å². The first kappa shape index (κ1) is 18.3. The second-order valence-corrected chi connectivity index (χ2v) is 5.63. The summed E-state index contributed by atoms with van der Waals surface area (Å²) in [6.07, 6.45) is 0. The number of hydrogen-bond donors (Lipinski definition) is 1. The zero-order valence-electron chi connectivity index (χ0n) is 14.1. The highest BCUT2D eigenvalue weighted by Gasteiger charge is 2.19. The minimum atomic E-state index is -2.95. The molecule has 3 aromatic carbocycles. The van der Waals surface area contributed by atoms with Crippen LogP contribution in [-0.4, -0.2) is 18.2 Å². The lowest BCUT2D eigenvalue weighted by molar-refractivity contribution is -0.0498. The Balaban J connectivity index is 1.75. The predicted octanol–water partition coefficient (Wildman–Crippen LogP) is 5.10. The average molecular weight is 367 g/mol. The van der Waals surface area contributed by atoms with E-state index >= 15 is 0 Å². The van der Waals surface area contributed by atoms with E-state index in [4.69, 9.17) is 0 Å². The average Bonchev–Trinajstić information content (AvgIpc) is 2.68. The highest BCUT2D eigenvalue weighted by molar-refractivity contribution is 6.49. The van der Waals surface area contributed by atoms with Gasteiger partial charge in [0.1, 0.15) is 5.75 Å². The Morgan fingerprint density at radius 2 is 1.37 bits per heavy atom. The molecule has 0 spiro atoms. The Labute approximate surface area is 154 Å². The molecule has 4 nitrogen and oxygen atoms in total. The smallest absolute Gasteiger partial charge is 0.387 e. The van der Waals surface area contributed by atoms with E-state index in [2.05, 4.69) is 10.1 Å². The molecule has 136 valence electrons. The predicted molar refractivity (Wildman–Crippen MR) is 97.9 cm³/mol. The Kier molecular flexibility index (Phi) is 5.56. The van der Waals surface area contributed by atoms with Gasteiger partial charge >= 0.3 is 6.61 Å². The fraction of sp³-hybridized carbons (Fsp3) is 0.0476. The number of ether oxygens (including phenoxy) is 1. The summed E-state index contributed by atoms with van der Waals surface area (Å²) in [6.45, 7) is -2.95. The van der Waals surface area contributed by atoms with Crippen molar-refractivity contribution in [3.8, 4) is 5.75 Å². The van der Waals surface area contributed by atoms with E-state index in [0.29, 0.717) is 5.69 Å². The van der Waals surface area contributed by atoms with Crippen molar-refractivity contribution in [3.63, 3.8) is 0 Å². The number of carbonyl (C=O) groups is 2. The van der Waals surface area contributed by atoms with E-state index in [1.807, 2.05) is 30.3 Å². The van der Waals surface area contributed by atoms with Gasteiger partial charge in [-0.2, -0.15) is 8.78 Å². The first-order valence-corrected chi connectivity index (χ1v) is 8.09. The van der Waals surface area contributed by atoms with Gasteiger partial charge in [-0.1, -0.05) is 30.3 Å². The minimum absolute atomic E-state index is 0.0805. The van der Waals surface area contributed by atoms with Crippen LogP contribution in [0.3, 0.4) is 0 Å². The van der Waals surface area contributed by atoms with Gasteiger partial charge in [0.25, 0.3) is 0 Å². The summed E-state index contributed by atoms with van der Waals surface area (Å²) in [5, 5.41) is 3.15. The topological polar surface area (TPSA) is 55.4 Å². The van der Waals surface area contributed by atoms with Crippen LogP contribution >= 0.6 is 0 Å². The molecule has 1 N–H and O–H groups in total. The van der Waals surface area contributed by atoms with Crippen LogP contribution in [0.2, 0.25) is 0 Å². The lowest BCUT2D eigenvalue weighted by atomic mass is 10.0. The first-order chi connectivity index (χ1) is 13.0. The SMILES string of the molecule is O=C(C(=O)c1cccc(Nc2ccccc2)c1)c1ccc(OC(F)F)cc1. The number of benzene rings is 3. The van der Waals surface area contributed by atoms with Crippen molar-refractivity contribution in [2.45, 2.75) is 6.61 Å². The fourth-order valence-electron chi connectivity index (χ4n) is 2.48. The van der Waals surface area contributed by atoms with Gasteiger partial charge in [-0.15, -0.1) is 0 Å². The molecule has 27 heavy (non-hydrogen) atoms. The molecule has 3 aromatic rings. The molecule has 0 saturated heterocycles. The molecule has 0 aliphatic rings. The van der Waals surface area contributed by atoms with Crippen LogP contribution in [0, 0.1) is 0 Å². The quantitative estimate of drug-likeness (QED) is 0.466. The molecule has 0 radical (unpaired) electrons. The molecule has 6 heteroatoms. The number of Topliss-reactive ketones (excluding diaryl/α,β-unsaturated/α-hetero) is 2. The van der Waals surface area contributed by atoms with Gasteiger partial charge in [-0.25, -0.2) is 0 Å². The zero-order chi connectivity index (χ0) is 19.2. The van der Waals surface area contributed by atoms with Gasteiger partial charge in [0.2, 0.25) is 11.6 Å². The minimum Gasteiger partial charge on any atom is -0.435 e. The standard InChI is InChI=1S/C21H15F2NO3/c22-21(23)27-18-11-9-14(10-12-18)19(25)20(26)15-5-4-8-17(13-15)24-16-6-2-1-3-7-16/h1-13,21,24H. The molecule has 0 aliphatic heterocycles. The van der Waals surface area contributed by atoms with Crippen LogP contribution in [0.5, 0.6) is 5.75 Å². The maximum Gasteiger partial charge on any atom is 0.387 e. The number of para-hydroxylation sites is 1. The van der Waals surface area contributed by atoms with E-state index in [1.165, 1.54) is 24.3 Å². The van der Waals surface area contributed by atoms with Gasteiger partial charge in [0.05, 0.1) is 0 Å². The Morgan fingerprint density at radius 3 is 2.04 bits per heavy atom. The van der Waals surface area contributed by atoms with Crippen molar-refractivity contribution in [1.82, 2.24) is 0 Å². The van der Waals surface area contributed by atoms with Gasteiger partial charge in [-0.05, 0) is 48.5 Å². The summed E-state index contributed by atoms with van der Waals surface area (Å²) in [5.74, 6) is -1.49. The summed E-state index contributed by atoms with van der Waals surface area (Å²) in [6, 6.07) is 21.0. The first-order valence-electron chi connectivity index (χ1n) is 8.09. The van der Waals surface area contributed by atoms with E-state index in [9.17, 15) is 18.4 Å². The molecule has 0 bridgehead atoms. The molecule has 3 rings (SSSR count).